The predicted octanol–water partition coefficient (Wildman–Crippen LogP) is 3.87. The molecule has 0 spiro atoms. The molecule has 0 aliphatic carbocycles. The van der Waals surface area contributed by atoms with Crippen molar-refractivity contribution < 1.29 is 23.1 Å². The fourth-order valence-electron chi connectivity index (χ4n) is 2.21. The van der Waals surface area contributed by atoms with Gasteiger partial charge in [0.2, 0.25) is 5.78 Å². The van der Waals surface area contributed by atoms with Gasteiger partial charge in [-0.3, -0.25) is 4.57 Å². The van der Waals surface area contributed by atoms with Gasteiger partial charge in [0.1, 0.15) is 0 Å². The molecule has 1 unspecified atom stereocenters. The van der Waals surface area contributed by atoms with Crippen LogP contribution in [0, 0.1) is 13.8 Å². The van der Waals surface area contributed by atoms with Crippen LogP contribution in [-0.2, 0) is 23.1 Å². The summed E-state index contributed by atoms with van der Waals surface area (Å²) in [5.74, 6) is -1.86. The molecule has 1 rings (SSSR count). The molecule has 0 fully saturated rings. The van der Waals surface area contributed by atoms with Crippen LogP contribution < -0.4 is 5.32 Å². The Labute approximate surface area is 138 Å². The second-order valence-corrected chi connectivity index (χ2v) is 7.05. The van der Waals surface area contributed by atoms with Gasteiger partial charge < -0.3 is 19.1 Å². The van der Waals surface area contributed by atoms with E-state index in [1.54, 1.807) is 20.8 Å². The number of benzene rings is 1. The lowest BCUT2D eigenvalue weighted by molar-refractivity contribution is -0.142. The highest BCUT2D eigenvalue weighted by atomic mass is 31.2. The maximum absolute atomic E-state index is 13.0. The summed E-state index contributed by atoms with van der Waals surface area (Å²) in [7, 11) is -3.71. The van der Waals surface area contributed by atoms with E-state index in [-0.39, 0.29) is 19.8 Å². The van der Waals surface area contributed by atoms with Crippen LogP contribution in [0.1, 0.15) is 31.9 Å². The van der Waals surface area contributed by atoms with E-state index >= 15 is 0 Å². The maximum atomic E-state index is 13.0. The van der Waals surface area contributed by atoms with E-state index in [1.807, 2.05) is 32.0 Å². The van der Waals surface area contributed by atoms with Gasteiger partial charge in [0, 0.05) is 5.69 Å². The molecule has 0 heterocycles. The zero-order valence-corrected chi connectivity index (χ0v) is 15.3. The minimum Gasteiger partial charge on any atom is -0.464 e. The van der Waals surface area contributed by atoms with Crippen LogP contribution >= 0.6 is 7.60 Å². The Hall–Kier alpha value is -1.36. The fraction of sp³-hybridized carbons (Fsp3) is 0.562. The third-order valence-corrected chi connectivity index (χ3v) is 5.41. The van der Waals surface area contributed by atoms with E-state index in [2.05, 4.69) is 5.32 Å². The van der Waals surface area contributed by atoms with E-state index in [4.69, 9.17) is 13.8 Å². The molecule has 23 heavy (non-hydrogen) atoms. The molecule has 1 aromatic carbocycles. The number of rotatable bonds is 9. The van der Waals surface area contributed by atoms with Crippen molar-refractivity contribution in [3.8, 4) is 0 Å². The van der Waals surface area contributed by atoms with Crippen LogP contribution in [0.25, 0.3) is 0 Å². The molecule has 0 aromatic heterocycles. The van der Waals surface area contributed by atoms with Crippen molar-refractivity contribution in [3.63, 3.8) is 0 Å². The van der Waals surface area contributed by atoms with E-state index in [0.717, 1.165) is 16.8 Å². The molecule has 0 amide bonds. The van der Waals surface area contributed by atoms with Gasteiger partial charge in [-0.1, -0.05) is 18.2 Å². The lowest BCUT2D eigenvalue weighted by Crippen LogP contribution is -2.33. The van der Waals surface area contributed by atoms with E-state index in [1.165, 1.54) is 0 Å². The molecule has 1 atom stereocenters. The molecule has 1 aromatic rings. The first kappa shape index (κ1) is 19.7. The molecular weight excluding hydrogens is 317 g/mol. The molecule has 6 nitrogen and oxygen atoms in total. The quantitative estimate of drug-likeness (QED) is 0.542. The average molecular weight is 343 g/mol. The fourth-order valence-corrected chi connectivity index (χ4v) is 3.93. The van der Waals surface area contributed by atoms with Crippen molar-refractivity contribution in [2.24, 2.45) is 0 Å². The number of ether oxygens (including phenoxy) is 1. The number of nitrogens with one attached hydrogen (secondary N) is 1. The molecule has 0 radical (unpaired) electrons. The standard InChI is InChI=1S/C16H26NO5P/c1-6-20-16(18)15(23(19,21-7-2)22-8-3)17-14-12(4)10-9-11-13(14)5/h9-11,15,17H,6-8H2,1-5H3. The summed E-state index contributed by atoms with van der Waals surface area (Å²) in [6.07, 6.45) is 0. The minimum absolute atomic E-state index is 0.168. The van der Waals surface area contributed by atoms with Crippen LogP contribution in [0.3, 0.4) is 0 Å². The highest BCUT2D eigenvalue weighted by Gasteiger charge is 2.42. The summed E-state index contributed by atoms with van der Waals surface area (Å²) < 4.78 is 28.8. The van der Waals surface area contributed by atoms with Crippen molar-refractivity contribution in [2.75, 3.05) is 25.1 Å². The zero-order chi connectivity index (χ0) is 17.5. The topological polar surface area (TPSA) is 73.9 Å². The Balaban J connectivity index is 3.24. The Morgan fingerprint density at radius 1 is 1.09 bits per heavy atom. The third-order valence-electron chi connectivity index (χ3n) is 3.21. The summed E-state index contributed by atoms with van der Waals surface area (Å²) >= 11 is 0. The number of para-hydroxylation sites is 1. The first-order chi connectivity index (χ1) is 10.9. The van der Waals surface area contributed by atoms with Gasteiger partial charge in [-0.05, 0) is 45.7 Å². The SMILES string of the molecule is CCOC(=O)C(Nc1c(C)cccc1C)P(=O)(OCC)OCC. The summed E-state index contributed by atoms with van der Waals surface area (Å²) in [6.45, 7) is 9.43. The van der Waals surface area contributed by atoms with Crippen molar-refractivity contribution >= 4 is 19.3 Å². The Bertz CT molecular complexity index is 545. The maximum Gasteiger partial charge on any atom is 0.364 e. The van der Waals surface area contributed by atoms with E-state index in [0.29, 0.717) is 0 Å². The van der Waals surface area contributed by atoms with Gasteiger partial charge in [0.15, 0.2) is 0 Å². The number of carbonyl (C=O) groups excluding carboxylic acids is 1. The van der Waals surface area contributed by atoms with Crippen molar-refractivity contribution in [3.05, 3.63) is 29.3 Å². The molecule has 130 valence electrons. The van der Waals surface area contributed by atoms with Crippen molar-refractivity contribution in [1.29, 1.82) is 0 Å². The van der Waals surface area contributed by atoms with Crippen molar-refractivity contribution in [2.45, 2.75) is 40.4 Å². The minimum atomic E-state index is -3.71. The summed E-state index contributed by atoms with van der Waals surface area (Å²) in [4.78, 5) is 12.3. The first-order valence-electron chi connectivity index (χ1n) is 7.77. The van der Waals surface area contributed by atoms with Gasteiger partial charge in [-0.2, -0.15) is 0 Å². The van der Waals surface area contributed by atoms with Gasteiger partial charge in [0.25, 0.3) is 0 Å². The molecule has 7 heteroatoms. The van der Waals surface area contributed by atoms with E-state index in [9.17, 15) is 9.36 Å². The monoisotopic (exact) mass is 343 g/mol. The Morgan fingerprint density at radius 2 is 1.61 bits per heavy atom. The summed E-state index contributed by atoms with van der Waals surface area (Å²) in [5.41, 5.74) is 2.59. The number of carbonyl (C=O) groups is 1. The number of aryl methyl sites for hydroxylation is 2. The number of hydrogen-bond donors (Lipinski definition) is 1. The lowest BCUT2D eigenvalue weighted by Gasteiger charge is -2.27. The summed E-state index contributed by atoms with van der Waals surface area (Å²) in [5, 5.41) is 3.02. The molecular formula is C16H26NO5P. The second kappa shape index (κ2) is 9.06. The van der Waals surface area contributed by atoms with Crippen LogP contribution in [0.4, 0.5) is 5.69 Å². The van der Waals surface area contributed by atoms with Gasteiger partial charge in [-0.25, -0.2) is 4.79 Å². The lowest BCUT2D eigenvalue weighted by atomic mass is 10.1. The largest absolute Gasteiger partial charge is 0.464 e. The first-order valence-corrected chi connectivity index (χ1v) is 9.38. The number of esters is 1. The average Bonchev–Trinajstić information content (AvgIpc) is 2.47. The number of hydrogen-bond acceptors (Lipinski definition) is 6. The molecule has 0 aliphatic rings. The molecule has 0 saturated heterocycles. The Kier molecular flexibility index (Phi) is 7.76. The summed E-state index contributed by atoms with van der Waals surface area (Å²) in [6, 6.07) is 5.73. The predicted molar refractivity (Wildman–Crippen MR) is 90.8 cm³/mol. The molecule has 0 saturated carbocycles. The van der Waals surface area contributed by atoms with Crippen LogP contribution in [0.2, 0.25) is 0 Å². The molecule has 0 aliphatic heterocycles. The van der Waals surface area contributed by atoms with Gasteiger partial charge in [-0.15, -0.1) is 0 Å². The normalized spacial score (nSPS) is 12.7. The van der Waals surface area contributed by atoms with Gasteiger partial charge >= 0.3 is 13.6 Å². The van der Waals surface area contributed by atoms with Crippen LogP contribution in [0.5, 0.6) is 0 Å². The zero-order valence-electron chi connectivity index (χ0n) is 14.4. The van der Waals surface area contributed by atoms with Crippen molar-refractivity contribution in [1.82, 2.24) is 0 Å². The van der Waals surface area contributed by atoms with Gasteiger partial charge in [0.05, 0.1) is 19.8 Å². The highest BCUT2D eigenvalue weighted by molar-refractivity contribution is 7.55. The highest BCUT2D eigenvalue weighted by Crippen LogP contribution is 2.53. The third kappa shape index (κ3) is 5.06. The molecule has 0 bridgehead atoms. The number of anilines is 1. The van der Waals surface area contributed by atoms with Crippen LogP contribution in [0.15, 0.2) is 18.2 Å². The molecule has 1 N–H and O–H groups in total. The van der Waals surface area contributed by atoms with E-state index < -0.39 is 19.3 Å². The second-order valence-electron chi connectivity index (χ2n) is 4.94. The van der Waals surface area contributed by atoms with Crippen LogP contribution in [-0.4, -0.2) is 31.6 Å². The Morgan fingerprint density at radius 3 is 2.04 bits per heavy atom. The smallest absolute Gasteiger partial charge is 0.364 e.